The average molecular weight is 255 g/mol. The zero-order chi connectivity index (χ0) is 13.1. The molecule has 7 nitrogen and oxygen atoms in total. The second-order valence-electron chi connectivity index (χ2n) is 4.05. The molecule has 1 N–H and O–H groups in total. The summed E-state index contributed by atoms with van der Waals surface area (Å²) in [5, 5.41) is 7.29. The maximum Gasteiger partial charge on any atom is 0.155 e. The van der Waals surface area contributed by atoms with E-state index in [4.69, 9.17) is 0 Å². The lowest BCUT2D eigenvalue weighted by Crippen LogP contribution is -2.06. The van der Waals surface area contributed by atoms with E-state index in [9.17, 15) is 0 Å². The summed E-state index contributed by atoms with van der Waals surface area (Å²) in [6, 6.07) is 3.84. The third kappa shape index (κ3) is 2.44. The lowest BCUT2D eigenvalue weighted by molar-refractivity contribution is 0.811. The summed E-state index contributed by atoms with van der Waals surface area (Å²) >= 11 is 0. The summed E-state index contributed by atoms with van der Waals surface area (Å²) in [7, 11) is 1.97. The van der Waals surface area contributed by atoms with Crippen molar-refractivity contribution in [1.29, 1.82) is 0 Å². The first-order valence-electron chi connectivity index (χ1n) is 5.84. The maximum atomic E-state index is 4.31. The number of nitrogens with one attached hydrogen (secondary N) is 1. The standard InChI is InChI=1S/C12H13N7/c1-18-5-4-14-12(18)7-15-10-2-3-11(16-6-10)19-9-13-8-17-19/h2-6,8-9,15H,7H2,1H3. The lowest BCUT2D eigenvalue weighted by atomic mass is 10.4. The maximum absolute atomic E-state index is 4.31. The van der Waals surface area contributed by atoms with Crippen LogP contribution in [0.15, 0.2) is 43.4 Å². The number of rotatable bonds is 4. The summed E-state index contributed by atoms with van der Waals surface area (Å²) in [6.45, 7) is 0.661. The number of aromatic nitrogens is 6. The van der Waals surface area contributed by atoms with Gasteiger partial charge in [0.2, 0.25) is 0 Å². The predicted molar refractivity (Wildman–Crippen MR) is 69.7 cm³/mol. The fraction of sp³-hybridized carbons (Fsp3) is 0.167. The van der Waals surface area contributed by atoms with E-state index in [1.54, 1.807) is 23.4 Å². The van der Waals surface area contributed by atoms with Crippen LogP contribution in [0, 0.1) is 0 Å². The minimum atomic E-state index is 0.661. The summed E-state index contributed by atoms with van der Waals surface area (Å²) < 4.78 is 3.59. The van der Waals surface area contributed by atoms with Crippen molar-refractivity contribution < 1.29 is 0 Å². The Morgan fingerprint density at radius 3 is 2.84 bits per heavy atom. The summed E-state index contributed by atoms with van der Waals surface area (Å²) in [5.74, 6) is 1.71. The Balaban J connectivity index is 1.68. The average Bonchev–Trinajstić information content (AvgIpc) is 3.09. The zero-order valence-electron chi connectivity index (χ0n) is 10.4. The molecule has 96 valence electrons. The third-order valence-electron chi connectivity index (χ3n) is 2.77. The normalized spacial score (nSPS) is 10.6. The molecule has 0 aliphatic rings. The summed E-state index contributed by atoms with van der Waals surface area (Å²) in [4.78, 5) is 12.4. The molecule has 3 aromatic heterocycles. The second-order valence-corrected chi connectivity index (χ2v) is 4.05. The summed E-state index contributed by atoms with van der Waals surface area (Å²) in [5.41, 5.74) is 0.937. The van der Waals surface area contributed by atoms with Gasteiger partial charge in [0, 0.05) is 19.4 Å². The van der Waals surface area contributed by atoms with E-state index in [0.717, 1.165) is 17.3 Å². The van der Waals surface area contributed by atoms with Gasteiger partial charge in [0.1, 0.15) is 18.5 Å². The first-order chi connectivity index (χ1) is 9.33. The molecule has 0 radical (unpaired) electrons. The molecule has 0 aliphatic carbocycles. The second kappa shape index (κ2) is 4.89. The molecule has 0 bridgehead atoms. The monoisotopic (exact) mass is 255 g/mol. The molecular formula is C12H13N7. The van der Waals surface area contributed by atoms with Crippen LogP contribution in [-0.4, -0.2) is 29.3 Å². The highest BCUT2D eigenvalue weighted by molar-refractivity contribution is 5.43. The fourth-order valence-electron chi connectivity index (χ4n) is 1.70. The molecule has 0 aromatic carbocycles. The molecule has 3 aromatic rings. The quantitative estimate of drug-likeness (QED) is 0.753. The molecule has 0 atom stereocenters. The van der Waals surface area contributed by atoms with Crippen LogP contribution in [0.5, 0.6) is 0 Å². The van der Waals surface area contributed by atoms with E-state index in [1.165, 1.54) is 6.33 Å². The van der Waals surface area contributed by atoms with E-state index < -0.39 is 0 Å². The Kier molecular flexibility index (Phi) is 2.93. The Hall–Kier alpha value is -2.70. The van der Waals surface area contributed by atoms with Crippen molar-refractivity contribution >= 4 is 5.69 Å². The van der Waals surface area contributed by atoms with Crippen LogP contribution < -0.4 is 5.32 Å². The first kappa shape index (κ1) is 11.4. The van der Waals surface area contributed by atoms with Crippen LogP contribution in [0.25, 0.3) is 5.82 Å². The van der Waals surface area contributed by atoms with Crippen LogP contribution in [-0.2, 0) is 13.6 Å². The van der Waals surface area contributed by atoms with Crippen molar-refractivity contribution in [3.8, 4) is 5.82 Å². The van der Waals surface area contributed by atoms with Crippen LogP contribution in [0.1, 0.15) is 5.82 Å². The minimum absolute atomic E-state index is 0.661. The Bertz CT molecular complexity index is 639. The minimum Gasteiger partial charge on any atom is -0.377 e. The van der Waals surface area contributed by atoms with E-state index in [1.807, 2.05) is 29.9 Å². The molecule has 3 heterocycles. The number of aryl methyl sites for hydroxylation is 1. The highest BCUT2D eigenvalue weighted by Crippen LogP contribution is 2.09. The van der Waals surface area contributed by atoms with Gasteiger partial charge in [-0.25, -0.2) is 19.6 Å². The largest absolute Gasteiger partial charge is 0.377 e. The van der Waals surface area contributed by atoms with Gasteiger partial charge in [-0.2, -0.15) is 5.10 Å². The summed E-state index contributed by atoms with van der Waals surface area (Å²) in [6.07, 6.45) is 8.56. The van der Waals surface area contributed by atoms with Crippen molar-refractivity contribution in [2.75, 3.05) is 5.32 Å². The number of nitrogens with zero attached hydrogens (tertiary/aromatic N) is 6. The zero-order valence-corrected chi connectivity index (χ0v) is 10.4. The topological polar surface area (TPSA) is 73.5 Å². The van der Waals surface area contributed by atoms with Crippen molar-refractivity contribution in [1.82, 2.24) is 29.3 Å². The van der Waals surface area contributed by atoms with Gasteiger partial charge < -0.3 is 9.88 Å². The van der Waals surface area contributed by atoms with Gasteiger partial charge in [-0.05, 0) is 12.1 Å². The molecule has 0 spiro atoms. The molecule has 0 unspecified atom stereocenters. The van der Waals surface area contributed by atoms with Crippen LogP contribution in [0.4, 0.5) is 5.69 Å². The lowest BCUT2D eigenvalue weighted by Gasteiger charge is -2.06. The predicted octanol–water partition coefficient (Wildman–Crippen LogP) is 1.01. The molecule has 0 aliphatic heterocycles. The van der Waals surface area contributed by atoms with Gasteiger partial charge in [-0.1, -0.05) is 0 Å². The Morgan fingerprint density at radius 1 is 1.26 bits per heavy atom. The van der Waals surface area contributed by atoms with Gasteiger partial charge in [0.15, 0.2) is 5.82 Å². The number of anilines is 1. The molecule has 0 saturated heterocycles. The van der Waals surface area contributed by atoms with Crippen molar-refractivity contribution in [3.63, 3.8) is 0 Å². The van der Waals surface area contributed by atoms with Gasteiger partial charge in [0.25, 0.3) is 0 Å². The molecule has 7 heteroatoms. The molecule has 3 rings (SSSR count). The highest BCUT2D eigenvalue weighted by atomic mass is 15.3. The van der Waals surface area contributed by atoms with Crippen LogP contribution >= 0.6 is 0 Å². The van der Waals surface area contributed by atoms with Crippen LogP contribution in [0.3, 0.4) is 0 Å². The van der Waals surface area contributed by atoms with Gasteiger partial charge in [-0.15, -0.1) is 0 Å². The van der Waals surface area contributed by atoms with E-state index in [-0.39, 0.29) is 0 Å². The number of pyridine rings is 1. The molecule has 0 fully saturated rings. The van der Waals surface area contributed by atoms with Crippen molar-refractivity contribution in [3.05, 3.63) is 49.2 Å². The Morgan fingerprint density at radius 2 is 2.21 bits per heavy atom. The van der Waals surface area contributed by atoms with E-state index >= 15 is 0 Å². The van der Waals surface area contributed by atoms with E-state index in [2.05, 4.69) is 25.4 Å². The highest BCUT2D eigenvalue weighted by Gasteiger charge is 2.01. The van der Waals surface area contributed by atoms with Crippen molar-refractivity contribution in [2.24, 2.45) is 7.05 Å². The molecule has 0 saturated carbocycles. The first-order valence-corrected chi connectivity index (χ1v) is 5.84. The van der Waals surface area contributed by atoms with Crippen LogP contribution in [0.2, 0.25) is 0 Å². The third-order valence-corrected chi connectivity index (χ3v) is 2.77. The smallest absolute Gasteiger partial charge is 0.155 e. The van der Waals surface area contributed by atoms with Gasteiger partial charge in [0.05, 0.1) is 18.4 Å². The number of hydrogen-bond acceptors (Lipinski definition) is 5. The number of imidazole rings is 1. The molecule has 0 amide bonds. The molecular weight excluding hydrogens is 242 g/mol. The van der Waals surface area contributed by atoms with Gasteiger partial charge in [-0.3, -0.25) is 0 Å². The number of hydrogen-bond donors (Lipinski definition) is 1. The molecule has 19 heavy (non-hydrogen) atoms. The fourth-order valence-corrected chi connectivity index (χ4v) is 1.70. The van der Waals surface area contributed by atoms with Gasteiger partial charge >= 0.3 is 0 Å². The van der Waals surface area contributed by atoms with E-state index in [0.29, 0.717) is 6.54 Å². The Labute approximate surface area is 110 Å². The van der Waals surface area contributed by atoms with Crippen molar-refractivity contribution in [2.45, 2.75) is 6.54 Å². The SMILES string of the molecule is Cn1ccnc1CNc1ccc(-n2cncn2)nc1.